The highest BCUT2D eigenvalue weighted by molar-refractivity contribution is 9.10. The van der Waals surface area contributed by atoms with Crippen molar-refractivity contribution in [2.75, 3.05) is 17.7 Å². The van der Waals surface area contributed by atoms with Gasteiger partial charge in [0.2, 0.25) is 5.91 Å². The molecule has 0 aliphatic rings. The standard InChI is InChI=1S/C22H19BrN2O3/c1-28-20-12-10-19(11-13-20)25-22(27)16-4-8-18(9-5-16)24-21(26)14-15-2-6-17(23)7-3-15/h2-13H,14H2,1H3,(H,24,26)(H,25,27). The van der Waals surface area contributed by atoms with E-state index in [1.165, 1.54) is 0 Å². The van der Waals surface area contributed by atoms with E-state index in [-0.39, 0.29) is 18.2 Å². The Balaban J connectivity index is 1.56. The molecule has 3 rings (SSSR count). The van der Waals surface area contributed by atoms with Gasteiger partial charge in [-0.05, 0) is 66.2 Å². The lowest BCUT2D eigenvalue weighted by molar-refractivity contribution is -0.115. The SMILES string of the molecule is COc1ccc(NC(=O)c2ccc(NC(=O)Cc3ccc(Br)cc3)cc2)cc1. The molecule has 0 fully saturated rings. The topological polar surface area (TPSA) is 67.4 Å². The van der Waals surface area contributed by atoms with Gasteiger partial charge in [0.1, 0.15) is 5.75 Å². The Morgan fingerprint density at radius 1 is 0.821 bits per heavy atom. The molecule has 0 bridgehead atoms. The zero-order chi connectivity index (χ0) is 19.9. The number of hydrogen-bond donors (Lipinski definition) is 2. The van der Waals surface area contributed by atoms with Crippen LogP contribution in [0.1, 0.15) is 15.9 Å². The zero-order valence-electron chi connectivity index (χ0n) is 15.2. The highest BCUT2D eigenvalue weighted by Gasteiger charge is 2.08. The molecule has 0 heterocycles. The highest BCUT2D eigenvalue weighted by Crippen LogP contribution is 2.17. The summed E-state index contributed by atoms with van der Waals surface area (Å²) in [6.45, 7) is 0. The summed E-state index contributed by atoms with van der Waals surface area (Å²) in [4.78, 5) is 24.5. The fourth-order valence-corrected chi connectivity index (χ4v) is 2.84. The number of methoxy groups -OCH3 is 1. The quantitative estimate of drug-likeness (QED) is 0.575. The van der Waals surface area contributed by atoms with Crippen LogP contribution >= 0.6 is 15.9 Å². The van der Waals surface area contributed by atoms with Gasteiger partial charge in [-0.25, -0.2) is 0 Å². The molecule has 0 aromatic heterocycles. The Hall–Kier alpha value is -3.12. The van der Waals surface area contributed by atoms with Crippen LogP contribution in [0.3, 0.4) is 0 Å². The average Bonchev–Trinajstić information content (AvgIpc) is 2.71. The predicted octanol–water partition coefficient (Wildman–Crippen LogP) is 4.89. The van der Waals surface area contributed by atoms with Crippen molar-refractivity contribution in [3.8, 4) is 5.75 Å². The number of hydrogen-bond acceptors (Lipinski definition) is 3. The normalized spacial score (nSPS) is 10.2. The third-order valence-corrected chi connectivity index (χ3v) is 4.59. The van der Waals surface area contributed by atoms with E-state index in [2.05, 4.69) is 26.6 Å². The second-order valence-corrected chi connectivity index (χ2v) is 7.03. The van der Waals surface area contributed by atoms with E-state index in [1.807, 2.05) is 24.3 Å². The molecule has 3 aromatic carbocycles. The number of carbonyl (C=O) groups is 2. The van der Waals surface area contributed by atoms with E-state index in [4.69, 9.17) is 4.74 Å². The van der Waals surface area contributed by atoms with E-state index < -0.39 is 0 Å². The smallest absolute Gasteiger partial charge is 0.255 e. The van der Waals surface area contributed by atoms with Crippen LogP contribution in [0.5, 0.6) is 5.75 Å². The Bertz CT molecular complexity index is 953. The lowest BCUT2D eigenvalue weighted by atomic mass is 10.1. The minimum Gasteiger partial charge on any atom is -0.497 e. The number of ether oxygens (including phenoxy) is 1. The number of amides is 2. The summed E-state index contributed by atoms with van der Waals surface area (Å²) >= 11 is 3.37. The van der Waals surface area contributed by atoms with Crippen molar-refractivity contribution in [3.63, 3.8) is 0 Å². The predicted molar refractivity (Wildman–Crippen MR) is 114 cm³/mol. The summed E-state index contributed by atoms with van der Waals surface area (Å²) in [6.07, 6.45) is 0.285. The molecule has 5 nitrogen and oxygen atoms in total. The van der Waals surface area contributed by atoms with Crippen LogP contribution in [0.2, 0.25) is 0 Å². The lowest BCUT2D eigenvalue weighted by Gasteiger charge is -2.08. The van der Waals surface area contributed by atoms with Gasteiger partial charge in [-0.1, -0.05) is 28.1 Å². The number of benzene rings is 3. The molecule has 28 heavy (non-hydrogen) atoms. The second kappa shape index (κ2) is 9.19. The Labute approximate surface area is 171 Å². The first kappa shape index (κ1) is 19.6. The van der Waals surface area contributed by atoms with E-state index in [0.717, 1.165) is 15.8 Å². The van der Waals surface area contributed by atoms with Gasteiger partial charge in [-0.15, -0.1) is 0 Å². The molecule has 0 saturated heterocycles. The molecule has 0 aliphatic heterocycles. The molecule has 0 saturated carbocycles. The summed E-state index contributed by atoms with van der Waals surface area (Å²) in [5, 5.41) is 5.66. The van der Waals surface area contributed by atoms with Gasteiger partial charge in [0, 0.05) is 21.4 Å². The second-order valence-electron chi connectivity index (χ2n) is 6.11. The number of halogens is 1. The van der Waals surface area contributed by atoms with Crippen molar-refractivity contribution in [2.24, 2.45) is 0 Å². The molecule has 3 aromatic rings. The summed E-state index contributed by atoms with van der Waals surface area (Å²) in [7, 11) is 1.59. The van der Waals surface area contributed by atoms with Gasteiger partial charge in [-0.3, -0.25) is 9.59 Å². The maximum atomic E-state index is 12.3. The molecular weight excluding hydrogens is 420 g/mol. The minimum atomic E-state index is -0.224. The maximum absolute atomic E-state index is 12.3. The third kappa shape index (κ3) is 5.44. The molecule has 2 N–H and O–H groups in total. The van der Waals surface area contributed by atoms with Crippen molar-refractivity contribution >= 4 is 39.1 Å². The van der Waals surface area contributed by atoms with E-state index >= 15 is 0 Å². The Morgan fingerprint density at radius 3 is 2.00 bits per heavy atom. The number of nitrogens with one attached hydrogen (secondary N) is 2. The van der Waals surface area contributed by atoms with E-state index in [9.17, 15) is 9.59 Å². The first-order valence-corrected chi connectivity index (χ1v) is 9.42. The third-order valence-electron chi connectivity index (χ3n) is 4.06. The van der Waals surface area contributed by atoms with Crippen LogP contribution in [0.25, 0.3) is 0 Å². The molecule has 2 amide bonds. The van der Waals surface area contributed by atoms with Crippen LogP contribution in [-0.4, -0.2) is 18.9 Å². The van der Waals surface area contributed by atoms with Crippen molar-refractivity contribution < 1.29 is 14.3 Å². The number of anilines is 2. The van der Waals surface area contributed by atoms with Crippen LogP contribution in [0.15, 0.2) is 77.3 Å². The lowest BCUT2D eigenvalue weighted by Crippen LogP contribution is -2.15. The fourth-order valence-electron chi connectivity index (χ4n) is 2.58. The summed E-state index contributed by atoms with van der Waals surface area (Å²) in [5.41, 5.74) is 2.75. The van der Waals surface area contributed by atoms with Crippen LogP contribution < -0.4 is 15.4 Å². The highest BCUT2D eigenvalue weighted by atomic mass is 79.9. The monoisotopic (exact) mass is 438 g/mol. The molecule has 6 heteroatoms. The van der Waals surface area contributed by atoms with Crippen molar-refractivity contribution in [2.45, 2.75) is 6.42 Å². The minimum absolute atomic E-state index is 0.113. The first-order chi connectivity index (χ1) is 13.5. The van der Waals surface area contributed by atoms with Gasteiger partial charge in [0.05, 0.1) is 13.5 Å². The molecule has 142 valence electrons. The summed E-state index contributed by atoms with van der Waals surface area (Å²) in [5.74, 6) is 0.386. The fraction of sp³-hybridized carbons (Fsp3) is 0.0909. The van der Waals surface area contributed by atoms with Crippen LogP contribution in [0.4, 0.5) is 11.4 Å². The summed E-state index contributed by atoms with van der Waals surface area (Å²) < 4.78 is 6.07. The molecular formula is C22H19BrN2O3. The summed E-state index contributed by atoms with van der Waals surface area (Å²) in [6, 6.07) is 21.5. The van der Waals surface area contributed by atoms with E-state index in [0.29, 0.717) is 16.9 Å². The molecule has 0 spiro atoms. The van der Waals surface area contributed by atoms with Crippen molar-refractivity contribution in [3.05, 3.63) is 88.4 Å². The van der Waals surface area contributed by atoms with Gasteiger partial charge in [0.15, 0.2) is 0 Å². The average molecular weight is 439 g/mol. The molecule has 0 radical (unpaired) electrons. The van der Waals surface area contributed by atoms with Gasteiger partial charge in [0.25, 0.3) is 5.91 Å². The van der Waals surface area contributed by atoms with E-state index in [1.54, 1.807) is 55.6 Å². The Morgan fingerprint density at radius 2 is 1.39 bits per heavy atom. The zero-order valence-corrected chi connectivity index (χ0v) is 16.8. The molecule has 0 atom stereocenters. The number of rotatable bonds is 6. The van der Waals surface area contributed by atoms with Crippen molar-refractivity contribution in [1.29, 1.82) is 0 Å². The number of carbonyl (C=O) groups excluding carboxylic acids is 2. The van der Waals surface area contributed by atoms with Gasteiger partial charge < -0.3 is 15.4 Å². The first-order valence-electron chi connectivity index (χ1n) is 8.63. The molecule has 0 aliphatic carbocycles. The van der Waals surface area contributed by atoms with Gasteiger partial charge >= 0.3 is 0 Å². The largest absolute Gasteiger partial charge is 0.497 e. The Kier molecular flexibility index (Phi) is 6.45. The molecule has 0 unspecified atom stereocenters. The van der Waals surface area contributed by atoms with Crippen molar-refractivity contribution in [1.82, 2.24) is 0 Å². The van der Waals surface area contributed by atoms with Crippen LogP contribution in [0, 0.1) is 0 Å². The van der Waals surface area contributed by atoms with Crippen LogP contribution in [-0.2, 0) is 11.2 Å². The van der Waals surface area contributed by atoms with Gasteiger partial charge in [-0.2, -0.15) is 0 Å². The maximum Gasteiger partial charge on any atom is 0.255 e.